The van der Waals surface area contributed by atoms with Gasteiger partial charge in [0, 0.05) is 25.2 Å². The SMILES string of the molecule is NC1CCN(c2coc(C=O)c2)CC1. The van der Waals surface area contributed by atoms with Gasteiger partial charge in [-0.3, -0.25) is 4.79 Å². The van der Waals surface area contributed by atoms with Crippen LogP contribution < -0.4 is 10.6 Å². The Bertz CT molecular complexity index is 314. The van der Waals surface area contributed by atoms with Crippen molar-refractivity contribution in [3.05, 3.63) is 18.1 Å². The third-order valence-electron chi connectivity index (χ3n) is 2.63. The summed E-state index contributed by atoms with van der Waals surface area (Å²) in [6.45, 7) is 1.89. The van der Waals surface area contributed by atoms with Crippen LogP contribution in [0, 0.1) is 0 Å². The molecule has 1 aromatic heterocycles. The van der Waals surface area contributed by atoms with Gasteiger partial charge in [-0.15, -0.1) is 0 Å². The van der Waals surface area contributed by atoms with Crippen LogP contribution in [0.5, 0.6) is 0 Å². The minimum atomic E-state index is 0.323. The Morgan fingerprint density at radius 1 is 1.50 bits per heavy atom. The number of carbonyl (C=O) groups excluding carboxylic acids is 1. The van der Waals surface area contributed by atoms with E-state index in [9.17, 15) is 4.79 Å². The van der Waals surface area contributed by atoms with Crippen LogP contribution in [0.25, 0.3) is 0 Å². The predicted octanol–water partition coefficient (Wildman–Crippen LogP) is 1.02. The topological polar surface area (TPSA) is 59.5 Å². The maximum Gasteiger partial charge on any atom is 0.185 e. The number of rotatable bonds is 2. The van der Waals surface area contributed by atoms with Crippen LogP contribution in [0.15, 0.2) is 16.7 Å². The molecule has 0 saturated carbocycles. The predicted molar refractivity (Wildman–Crippen MR) is 53.5 cm³/mol. The summed E-state index contributed by atoms with van der Waals surface area (Å²) in [7, 11) is 0. The summed E-state index contributed by atoms with van der Waals surface area (Å²) in [6.07, 6.45) is 4.35. The smallest absolute Gasteiger partial charge is 0.185 e. The lowest BCUT2D eigenvalue weighted by molar-refractivity contribution is 0.110. The molecule has 0 bridgehead atoms. The first-order valence-electron chi connectivity index (χ1n) is 4.84. The fourth-order valence-electron chi connectivity index (χ4n) is 1.73. The first-order valence-corrected chi connectivity index (χ1v) is 4.84. The van der Waals surface area contributed by atoms with E-state index in [4.69, 9.17) is 10.2 Å². The fourth-order valence-corrected chi connectivity index (χ4v) is 1.73. The van der Waals surface area contributed by atoms with Crippen LogP contribution in [0.2, 0.25) is 0 Å². The number of nitrogens with two attached hydrogens (primary N) is 1. The molecule has 1 fully saturated rings. The van der Waals surface area contributed by atoms with Crippen molar-refractivity contribution in [2.45, 2.75) is 18.9 Å². The molecule has 0 aliphatic carbocycles. The second kappa shape index (κ2) is 3.84. The van der Waals surface area contributed by atoms with Crippen molar-refractivity contribution >= 4 is 12.0 Å². The second-order valence-corrected chi connectivity index (χ2v) is 3.65. The number of nitrogens with zero attached hydrogens (tertiary/aromatic N) is 1. The van der Waals surface area contributed by atoms with E-state index in [0.717, 1.165) is 37.9 Å². The number of piperidine rings is 1. The summed E-state index contributed by atoms with van der Waals surface area (Å²) in [5.74, 6) is 0.384. The zero-order valence-corrected chi connectivity index (χ0v) is 7.98. The molecule has 0 aromatic carbocycles. The first-order chi connectivity index (χ1) is 6.79. The van der Waals surface area contributed by atoms with Gasteiger partial charge in [-0.25, -0.2) is 0 Å². The summed E-state index contributed by atoms with van der Waals surface area (Å²) in [5.41, 5.74) is 6.79. The van der Waals surface area contributed by atoms with Gasteiger partial charge in [-0.05, 0) is 12.8 Å². The monoisotopic (exact) mass is 194 g/mol. The lowest BCUT2D eigenvalue weighted by Gasteiger charge is -2.30. The molecule has 1 aliphatic rings. The normalized spacial score (nSPS) is 18.5. The van der Waals surface area contributed by atoms with Crippen molar-refractivity contribution in [2.75, 3.05) is 18.0 Å². The molecule has 2 heterocycles. The number of carbonyl (C=O) groups is 1. The highest BCUT2D eigenvalue weighted by Crippen LogP contribution is 2.21. The van der Waals surface area contributed by atoms with Crippen LogP contribution in [0.3, 0.4) is 0 Å². The minimum Gasteiger partial charge on any atom is -0.459 e. The highest BCUT2D eigenvalue weighted by molar-refractivity contribution is 5.73. The Labute approximate surface area is 82.7 Å². The van der Waals surface area contributed by atoms with Crippen molar-refractivity contribution in [3.8, 4) is 0 Å². The Kier molecular flexibility index (Phi) is 2.54. The van der Waals surface area contributed by atoms with Gasteiger partial charge in [0.1, 0.15) is 6.26 Å². The summed E-state index contributed by atoms with van der Waals surface area (Å²) >= 11 is 0. The summed E-state index contributed by atoms with van der Waals surface area (Å²) < 4.78 is 5.05. The maximum atomic E-state index is 10.4. The van der Waals surface area contributed by atoms with Gasteiger partial charge in [0.05, 0.1) is 5.69 Å². The van der Waals surface area contributed by atoms with Crippen molar-refractivity contribution in [1.29, 1.82) is 0 Å². The third-order valence-corrected chi connectivity index (χ3v) is 2.63. The van der Waals surface area contributed by atoms with Crippen LogP contribution in [-0.2, 0) is 0 Å². The van der Waals surface area contributed by atoms with Gasteiger partial charge in [0.25, 0.3) is 0 Å². The van der Waals surface area contributed by atoms with E-state index in [2.05, 4.69) is 4.90 Å². The zero-order valence-electron chi connectivity index (χ0n) is 7.98. The molecule has 1 aliphatic heterocycles. The largest absolute Gasteiger partial charge is 0.459 e. The number of hydrogen-bond donors (Lipinski definition) is 1. The van der Waals surface area contributed by atoms with E-state index in [0.29, 0.717) is 11.8 Å². The van der Waals surface area contributed by atoms with Crippen molar-refractivity contribution in [2.24, 2.45) is 5.73 Å². The lowest BCUT2D eigenvalue weighted by atomic mass is 10.1. The number of anilines is 1. The van der Waals surface area contributed by atoms with E-state index >= 15 is 0 Å². The van der Waals surface area contributed by atoms with E-state index < -0.39 is 0 Å². The van der Waals surface area contributed by atoms with E-state index in [-0.39, 0.29) is 0 Å². The van der Waals surface area contributed by atoms with Gasteiger partial charge >= 0.3 is 0 Å². The highest BCUT2D eigenvalue weighted by Gasteiger charge is 2.17. The van der Waals surface area contributed by atoms with Crippen LogP contribution >= 0.6 is 0 Å². The average Bonchev–Trinajstić information content (AvgIpc) is 2.67. The van der Waals surface area contributed by atoms with E-state index in [1.165, 1.54) is 0 Å². The lowest BCUT2D eigenvalue weighted by Crippen LogP contribution is -2.39. The molecule has 0 unspecified atom stereocenters. The number of furan rings is 1. The Morgan fingerprint density at radius 3 is 2.79 bits per heavy atom. The molecule has 2 N–H and O–H groups in total. The molecule has 0 radical (unpaired) electrons. The molecule has 4 nitrogen and oxygen atoms in total. The minimum absolute atomic E-state index is 0.323. The van der Waals surface area contributed by atoms with Gasteiger partial charge < -0.3 is 15.1 Å². The quantitative estimate of drug-likeness (QED) is 0.714. The van der Waals surface area contributed by atoms with Gasteiger partial charge in [0.2, 0.25) is 0 Å². The van der Waals surface area contributed by atoms with Crippen molar-refractivity contribution in [1.82, 2.24) is 0 Å². The van der Waals surface area contributed by atoms with Crippen LogP contribution in [0.4, 0.5) is 5.69 Å². The molecule has 0 atom stereocenters. The summed E-state index contributed by atoms with van der Waals surface area (Å²) in [6, 6.07) is 2.09. The molecular formula is C10H14N2O2. The Hall–Kier alpha value is -1.29. The standard InChI is InChI=1S/C10H14N2O2/c11-8-1-3-12(4-2-8)9-5-10(6-13)14-7-9/h5-8H,1-4,11H2. The molecule has 2 rings (SSSR count). The maximum absolute atomic E-state index is 10.4. The third kappa shape index (κ3) is 1.80. The van der Waals surface area contributed by atoms with Gasteiger partial charge in [-0.1, -0.05) is 0 Å². The molecule has 4 heteroatoms. The Morgan fingerprint density at radius 2 is 2.21 bits per heavy atom. The molecule has 1 saturated heterocycles. The number of aldehydes is 1. The van der Waals surface area contributed by atoms with Crippen LogP contribution in [0.1, 0.15) is 23.4 Å². The molecule has 14 heavy (non-hydrogen) atoms. The van der Waals surface area contributed by atoms with Crippen molar-refractivity contribution in [3.63, 3.8) is 0 Å². The van der Waals surface area contributed by atoms with Crippen LogP contribution in [-0.4, -0.2) is 25.4 Å². The summed E-state index contributed by atoms with van der Waals surface area (Å²) in [4.78, 5) is 12.6. The second-order valence-electron chi connectivity index (χ2n) is 3.65. The molecule has 1 aromatic rings. The highest BCUT2D eigenvalue weighted by atomic mass is 16.3. The zero-order chi connectivity index (χ0) is 9.97. The van der Waals surface area contributed by atoms with Crippen molar-refractivity contribution < 1.29 is 9.21 Å². The van der Waals surface area contributed by atoms with Gasteiger partial charge in [0.15, 0.2) is 12.0 Å². The molecule has 0 spiro atoms. The molecule has 76 valence electrons. The summed E-state index contributed by atoms with van der Waals surface area (Å²) in [5, 5.41) is 0. The average molecular weight is 194 g/mol. The van der Waals surface area contributed by atoms with E-state index in [1.54, 1.807) is 12.3 Å². The molecular weight excluding hydrogens is 180 g/mol. The first kappa shape index (κ1) is 9.27. The fraction of sp³-hybridized carbons (Fsp3) is 0.500. The Balaban J connectivity index is 2.04. The van der Waals surface area contributed by atoms with Gasteiger partial charge in [-0.2, -0.15) is 0 Å². The number of hydrogen-bond acceptors (Lipinski definition) is 4. The molecule has 0 amide bonds. The van der Waals surface area contributed by atoms with E-state index in [1.807, 2.05) is 0 Å².